The van der Waals surface area contributed by atoms with Gasteiger partial charge in [-0.25, -0.2) is 13.8 Å². The molecule has 0 spiro atoms. The summed E-state index contributed by atoms with van der Waals surface area (Å²) in [4.78, 5) is 8.45. The number of hydrogen-bond donors (Lipinski definition) is 1. The van der Waals surface area contributed by atoms with Crippen LogP contribution in [0.25, 0.3) is 22.6 Å². The minimum absolute atomic E-state index is 0.198. The molecule has 3 rings (SSSR count). The molecular formula is C16H12F2N2O3S. The van der Waals surface area contributed by atoms with Crippen molar-refractivity contribution >= 4 is 12.0 Å². The van der Waals surface area contributed by atoms with Crippen LogP contribution in [0.1, 0.15) is 5.89 Å². The third-order valence-corrected chi connectivity index (χ3v) is 3.87. The fraction of sp³-hybridized carbons (Fsp3) is 0.0625. The molecule has 0 fully saturated rings. The maximum Gasteiger partial charge on any atom is 0.192 e. The van der Waals surface area contributed by atoms with Crippen LogP contribution in [0.5, 0.6) is 0 Å². The van der Waals surface area contributed by atoms with E-state index in [1.165, 1.54) is 24.3 Å². The Morgan fingerprint density at radius 1 is 1.08 bits per heavy atom. The van der Waals surface area contributed by atoms with Crippen LogP contribution in [0.4, 0.5) is 8.78 Å². The number of aromatic nitrogens is 1. The zero-order valence-corrected chi connectivity index (χ0v) is 13.3. The minimum Gasteiger partial charge on any atom is -0.440 e. The highest BCUT2D eigenvalue weighted by Gasteiger charge is 2.17. The molecule has 0 saturated heterocycles. The Hall–Kier alpha value is -2.26. The van der Waals surface area contributed by atoms with Gasteiger partial charge in [-0.1, -0.05) is 0 Å². The van der Waals surface area contributed by atoms with Gasteiger partial charge in [0.1, 0.15) is 17.3 Å². The number of benzene rings is 2. The van der Waals surface area contributed by atoms with E-state index >= 15 is 0 Å². The predicted molar refractivity (Wildman–Crippen MR) is 84.2 cm³/mol. The first-order valence-electron chi connectivity index (χ1n) is 6.82. The summed E-state index contributed by atoms with van der Waals surface area (Å²) < 4.78 is 37.3. The second-order valence-electron chi connectivity index (χ2n) is 4.81. The lowest BCUT2D eigenvalue weighted by Gasteiger charge is -2.05. The van der Waals surface area contributed by atoms with Crippen LogP contribution in [0.15, 0.2) is 51.8 Å². The SMILES string of the molecule is Cc1nc(-c2ccc(F)cc2)c(-c2ccc(SOON)c(F)c2)o1. The molecule has 0 atom stereocenters. The van der Waals surface area contributed by atoms with Crippen molar-refractivity contribution in [2.24, 2.45) is 5.90 Å². The van der Waals surface area contributed by atoms with Gasteiger partial charge in [0, 0.05) is 18.1 Å². The highest BCUT2D eigenvalue weighted by molar-refractivity contribution is 7.94. The summed E-state index contributed by atoms with van der Waals surface area (Å²) in [6.45, 7) is 1.68. The van der Waals surface area contributed by atoms with E-state index in [4.69, 9.17) is 10.3 Å². The van der Waals surface area contributed by atoms with Crippen molar-refractivity contribution in [1.82, 2.24) is 4.98 Å². The molecule has 124 valence electrons. The van der Waals surface area contributed by atoms with Crippen LogP contribution < -0.4 is 5.90 Å². The van der Waals surface area contributed by atoms with Gasteiger partial charge in [-0.2, -0.15) is 5.90 Å². The normalized spacial score (nSPS) is 11.0. The molecule has 0 aliphatic rings. The molecule has 24 heavy (non-hydrogen) atoms. The zero-order valence-electron chi connectivity index (χ0n) is 12.5. The van der Waals surface area contributed by atoms with E-state index in [9.17, 15) is 8.78 Å². The molecule has 2 N–H and O–H groups in total. The summed E-state index contributed by atoms with van der Waals surface area (Å²) in [7, 11) is 0. The van der Waals surface area contributed by atoms with Crippen molar-refractivity contribution in [3.05, 3.63) is 60.0 Å². The van der Waals surface area contributed by atoms with Crippen LogP contribution >= 0.6 is 12.0 Å². The summed E-state index contributed by atoms with van der Waals surface area (Å²) in [5.41, 5.74) is 1.67. The first-order valence-corrected chi connectivity index (χ1v) is 7.56. The van der Waals surface area contributed by atoms with Crippen LogP contribution in [-0.4, -0.2) is 4.98 Å². The number of nitrogens with zero attached hydrogens (tertiary/aromatic N) is 1. The van der Waals surface area contributed by atoms with Crippen molar-refractivity contribution in [2.75, 3.05) is 0 Å². The van der Waals surface area contributed by atoms with Gasteiger partial charge >= 0.3 is 0 Å². The molecular weight excluding hydrogens is 338 g/mol. The van der Waals surface area contributed by atoms with Crippen LogP contribution in [-0.2, 0) is 9.32 Å². The number of oxazole rings is 1. The molecule has 2 aromatic carbocycles. The molecule has 0 saturated carbocycles. The van der Waals surface area contributed by atoms with E-state index in [1.54, 1.807) is 25.1 Å². The Labute approximate surface area is 140 Å². The zero-order chi connectivity index (χ0) is 17.1. The maximum absolute atomic E-state index is 14.1. The van der Waals surface area contributed by atoms with Crippen molar-refractivity contribution in [3.63, 3.8) is 0 Å². The molecule has 1 aromatic heterocycles. The topological polar surface area (TPSA) is 70.5 Å². The highest BCUT2D eigenvalue weighted by atomic mass is 32.2. The Balaban J connectivity index is 2.01. The third kappa shape index (κ3) is 3.46. The number of aryl methyl sites for hydroxylation is 1. The lowest BCUT2D eigenvalue weighted by Crippen LogP contribution is -1.94. The molecule has 5 nitrogen and oxygen atoms in total. The molecule has 0 aliphatic carbocycles. The quantitative estimate of drug-likeness (QED) is 0.417. The number of hydrogen-bond acceptors (Lipinski definition) is 6. The van der Waals surface area contributed by atoms with Gasteiger partial charge in [-0.05, 0) is 42.5 Å². The number of halogens is 2. The lowest BCUT2D eigenvalue weighted by atomic mass is 10.1. The maximum atomic E-state index is 14.1. The molecule has 1 heterocycles. The van der Waals surface area contributed by atoms with Gasteiger partial charge in [-0.3, -0.25) is 0 Å². The third-order valence-electron chi connectivity index (χ3n) is 3.21. The molecule has 0 bridgehead atoms. The van der Waals surface area contributed by atoms with Gasteiger partial charge in [-0.15, -0.1) is 9.32 Å². The van der Waals surface area contributed by atoms with Crippen molar-refractivity contribution in [3.8, 4) is 22.6 Å². The lowest BCUT2D eigenvalue weighted by molar-refractivity contribution is -0.195. The minimum atomic E-state index is -0.534. The Bertz CT molecular complexity index is 853. The molecule has 0 radical (unpaired) electrons. The van der Waals surface area contributed by atoms with E-state index in [2.05, 4.69) is 14.3 Å². The monoisotopic (exact) mass is 350 g/mol. The van der Waals surface area contributed by atoms with Crippen molar-refractivity contribution in [1.29, 1.82) is 0 Å². The molecule has 8 heteroatoms. The van der Waals surface area contributed by atoms with Gasteiger partial charge in [0.05, 0.1) is 16.9 Å². The van der Waals surface area contributed by atoms with Crippen LogP contribution in [0, 0.1) is 18.6 Å². The highest BCUT2D eigenvalue weighted by Crippen LogP contribution is 2.34. The second-order valence-corrected chi connectivity index (χ2v) is 5.55. The Morgan fingerprint density at radius 2 is 1.79 bits per heavy atom. The fourth-order valence-electron chi connectivity index (χ4n) is 2.19. The van der Waals surface area contributed by atoms with Gasteiger partial charge < -0.3 is 4.42 Å². The first-order chi connectivity index (χ1) is 11.6. The molecule has 0 unspecified atom stereocenters. The fourth-order valence-corrected chi connectivity index (χ4v) is 2.57. The second kappa shape index (κ2) is 7.10. The van der Waals surface area contributed by atoms with Gasteiger partial charge in [0.25, 0.3) is 0 Å². The van der Waals surface area contributed by atoms with E-state index in [0.29, 0.717) is 40.5 Å². The molecule has 0 amide bonds. The van der Waals surface area contributed by atoms with Gasteiger partial charge in [0.2, 0.25) is 0 Å². The summed E-state index contributed by atoms with van der Waals surface area (Å²) in [6.07, 6.45) is 0. The van der Waals surface area contributed by atoms with Crippen molar-refractivity contribution in [2.45, 2.75) is 11.8 Å². The summed E-state index contributed by atoms with van der Waals surface area (Å²) in [6, 6.07) is 10.3. The Morgan fingerprint density at radius 3 is 2.46 bits per heavy atom. The standard InChI is InChI=1S/C16H12F2N2O3S/c1-9-20-15(10-2-5-12(17)6-3-10)16(21-9)11-4-7-14(13(18)8-11)24-23-22-19/h2-8H,19H2,1H3. The van der Waals surface area contributed by atoms with Crippen molar-refractivity contribution < 1.29 is 22.5 Å². The summed E-state index contributed by atoms with van der Waals surface area (Å²) in [5, 5.41) is 0. The van der Waals surface area contributed by atoms with E-state index in [-0.39, 0.29) is 10.7 Å². The number of nitrogens with two attached hydrogens (primary N) is 1. The number of rotatable bonds is 5. The van der Waals surface area contributed by atoms with E-state index < -0.39 is 5.82 Å². The van der Waals surface area contributed by atoms with E-state index in [1.807, 2.05) is 0 Å². The van der Waals surface area contributed by atoms with Crippen LogP contribution in [0.2, 0.25) is 0 Å². The smallest absolute Gasteiger partial charge is 0.192 e. The Kier molecular flexibility index (Phi) is 4.91. The summed E-state index contributed by atoms with van der Waals surface area (Å²) in [5.74, 6) is 4.66. The largest absolute Gasteiger partial charge is 0.440 e. The first kappa shape index (κ1) is 16.6. The predicted octanol–water partition coefficient (Wildman–Crippen LogP) is 4.42. The van der Waals surface area contributed by atoms with Crippen LogP contribution in [0.3, 0.4) is 0 Å². The average molecular weight is 350 g/mol. The molecule has 3 aromatic rings. The summed E-state index contributed by atoms with van der Waals surface area (Å²) >= 11 is 0.648. The molecule has 0 aliphatic heterocycles. The average Bonchev–Trinajstić information content (AvgIpc) is 2.96. The van der Waals surface area contributed by atoms with E-state index in [0.717, 1.165) is 0 Å². The van der Waals surface area contributed by atoms with Gasteiger partial charge in [0.15, 0.2) is 11.7 Å².